The fraction of sp³-hybridized carbons (Fsp3) is 0.462. The average molecular weight is 484 g/mol. The first kappa shape index (κ1) is 24.4. The van der Waals surface area contributed by atoms with E-state index in [0.717, 1.165) is 24.8 Å². The van der Waals surface area contributed by atoms with E-state index >= 15 is 0 Å². The first-order valence-corrected chi connectivity index (χ1v) is 13.5. The molecule has 2 aromatic carbocycles. The number of likely N-dealkylation sites (tertiary alicyclic amines) is 1. The standard InChI is InChI=1S/C26H33N3O4S/c1-20-10-12-23(13-11-20)34(32,33)29-18-14-21(15-19-29)24(26(31)28-16-6-3-7-17-28)27-25(30)22-8-4-2-5-9-22/h2,4-5,8-13,21,24H,3,6-7,14-19H2,1H3,(H,27,30)/t24-/m1/s1. The Morgan fingerprint density at radius 1 is 0.882 bits per heavy atom. The normalized spacial score (nSPS) is 18.9. The monoisotopic (exact) mass is 483 g/mol. The summed E-state index contributed by atoms with van der Waals surface area (Å²) in [6, 6.07) is 15.1. The van der Waals surface area contributed by atoms with Crippen LogP contribution in [0.2, 0.25) is 0 Å². The van der Waals surface area contributed by atoms with Crippen LogP contribution in [0.1, 0.15) is 48.0 Å². The van der Waals surface area contributed by atoms with Gasteiger partial charge in [0.2, 0.25) is 15.9 Å². The predicted octanol–water partition coefficient (Wildman–Crippen LogP) is 3.21. The second-order valence-electron chi connectivity index (χ2n) is 9.26. The Morgan fingerprint density at radius 2 is 1.50 bits per heavy atom. The van der Waals surface area contributed by atoms with E-state index < -0.39 is 16.1 Å². The minimum Gasteiger partial charge on any atom is -0.341 e. The number of benzene rings is 2. The van der Waals surface area contributed by atoms with E-state index in [2.05, 4.69) is 5.32 Å². The van der Waals surface area contributed by atoms with Crippen LogP contribution in [0.3, 0.4) is 0 Å². The largest absolute Gasteiger partial charge is 0.341 e. The van der Waals surface area contributed by atoms with Gasteiger partial charge in [0.25, 0.3) is 5.91 Å². The lowest BCUT2D eigenvalue weighted by molar-refractivity contribution is -0.135. The van der Waals surface area contributed by atoms with E-state index in [0.29, 0.717) is 44.6 Å². The number of sulfonamides is 1. The topological polar surface area (TPSA) is 86.8 Å². The molecule has 2 aromatic rings. The van der Waals surface area contributed by atoms with Crippen LogP contribution in [0.4, 0.5) is 0 Å². The van der Waals surface area contributed by atoms with E-state index in [-0.39, 0.29) is 22.6 Å². The molecule has 4 rings (SSSR count). The van der Waals surface area contributed by atoms with Gasteiger partial charge in [0, 0.05) is 31.7 Å². The number of hydrogen-bond donors (Lipinski definition) is 1. The van der Waals surface area contributed by atoms with Crippen LogP contribution in [0, 0.1) is 12.8 Å². The highest BCUT2D eigenvalue weighted by atomic mass is 32.2. The molecule has 0 aliphatic carbocycles. The highest BCUT2D eigenvalue weighted by Crippen LogP contribution is 2.27. The summed E-state index contributed by atoms with van der Waals surface area (Å²) in [5.74, 6) is -0.443. The summed E-state index contributed by atoms with van der Waals surface area (Å²) in [7, 11) is -3.58. The first-order chi connectivity index (χ1) is 16.4. The lowest BCUT2D eigenvalue weighted by Crippen LogP contribution is -2.55. The van der Waals surface area contributed by atoms with Crippen LogP contribution in [-0.2, 0) is 14.8 Å². The zero-order valence-corrected chi connectivity index (χ0v) is 20.5. The van der Waals surface area contributed by atoms with Gasteiger partial charge in [-0.05, 0) is 69.2 Å². The van der Waals surface area contributed by atoms with Gasteiger partial charge in [-0.25, -0.2) is 8.42 Å². The van der Waals surface area contributed by atoms with E-state index in [4.69, 9.17) is 0 Å². The van der Waals surface area contributed by atoms with Gasteiger partial charge in [-0.1, -0.05) is 35.9 Å². The van der Waals surface area contributed by atoms with Gasteiger partial charge >= 0.3 is 0 Å². The third-order valence-corrected chi connectivity index (χ3v) is 8.80. The summed E-state index contributed by atoms with van der Waals surface area (Å²) in [6.45, 7) is 3.98. The van der Waals surface area contributed by atoms with Gasteiger partial charge in [-0.3, -0.25) is 9.59 Å². The quantitative estimate of drug-likeness (QED) is 0.684. The molecule has 1 N–H and O–H groups in total. The number of nitrogens with one attached hydrogen (secondary N) is 1. The smallest absolute Gasteiger partial charge is 0.251 e. The zero-order valence-electron chi connectivity index (χ0n) is 19.7. The van der Waals surface area contributed by atoms with Crippen LogP contribution >= 0.6 is 0 Å². The molecule has 8 heteroatoms. The summed E-state index contributed by atoms with van der Waals surface area (Å²) < 4.78 is 27.7. The third-order valence-electron chi connectivity index (χ3n) is 6.89. The molecular formula is C26H33N3O4S. The van der Waals surface area contributed by atoms with Gasteiger partial charge < -0.3 is 10.2 Å². The minimum atomic E-state index is -3.58. The molecule has 0 bridgehead atoms. The van der Waals surface area contributed by atoms with Crippen molar-refractivity contribution in [1.82, 2.24) is 14.5 Å². The summed E-state index contributed by atoms with van der Waals surface area (Å²) in [5.41, 5.74) is 1.52. The van der Waals surface area contributed by atoms with Gasteiger partial charge in [0.15, 0.2) is 0 Å². The van der Waals surface area contributed by atoms with Gasteiger partial charge in [0.1, 0.15) is 6.04 Å². The number of piperidine rings is 2. The number of hydrogen-bond acceptors (Lipinski definition) is 4. The molecule has 182 valence electrons. The number of carbonyl (C=O) groups is 2. The van der Waals surface area contributed by atoms with Crippen molar-refractivity contribution in [2.45, 2.75) is 50.0 Å². The van der Waals surface area contributed by atoms with Gasteiger partial charge in [-0.2, -0.15) is 4.31 Å². The Balaban J connectivity index is 1.48. The molecular weight excluding hydrogens is 450 g/mol. The van der Waals surface area contributed by atoms with Crippen molar-refractivity contribution in [3.8, 4) is 0 Å². The minimum absolute atomic E-state index is 0.0520. The number of aryl methyl sites for hydroxylation is 1. The number of amides is 2. The first-order valence-electron chi connectivity index (χ1n) is 12.1. The lowest BCUT2D eigenvalue weighted by atomic mass is 9.88. The molecule has 7 nitrogen and oxygen atoms in total. The molecule has 2 saturated heterocycles. The molecule has 2 heterocycles. The molecule has 2 aliphatic rings. The molecule has 0 aromatic heterocycles. The summed E-state index contributed by atoms with van der Waals surface area (Å²) in [6.07, 6.45) is 4.09. The Bertz CT molecular complexity index is 1090. The van der Waals surface area contributed by atoms with E-state index in [1.807, 2.05) is 17.9 Å². The molecule has 0 unspecified atom stereocenters. The second kappa shape index (κ2) is 10.7. The van der Waals surface area contributed by atoms with E-state index in [9.17, 15) is 18.0 Å². The maximum Gasteiger partial charge on any atom is 0.251 e. The lowest BCUT2D eigenvalue weighted by Gasteiger charge is -2.38. The van der Waals surface area contributed by atoms with Crippen LogP contribution in [-0.4, -0.2) is 61.7 Å². The van der Waals surface area contributed by atoms with Crippen molar-refractivity contribution in [2.75, 3.05) is 26.2 Å². The molecule has 34 heavy (non-hydrogen) atoms. The third kappa shape index (κ3) is 5.50. The van der Waals surface area contributed by atoms with Crippen molar-refractivity contribution in [2.24, 2.45) is 5.92 Å². The molecule has 0 radical (unpaired) electrons. The van der Waals surface area contributed by atoms with Crippen molar-refractivity contribution >= 4 is 21.8 Å². The van der Waals surface area contributed by atoms with Crippen LogP contribution in [0.25, 0.3) is 0 Å². The van der Waals surface area contributed by atoms with Crippen LogP contribution in [0.5, 0.6) is 0 Å². The maximum absolute atomic E-state index is 13.5. The fourth-order valence-corrected chi connectivity index (χ4v) is 6.28. The Kier molecular flexibility index (Phi) is 7.68. The number of rotatable bonds is 6. The maximum atomic E-state index is 13.5. The summed E-state index contributed by atoms with van der Waals surface area (Å²) in [4.78, 5) is 28.6. The number of nitrogens with zero attached hydrogens (tertiary/aromatic N) is 2. The highest BCUT2D eigenvalue weighted by Gasteiger charge is 2.38. The van der Waals surface area contributed by atoms with Crippen molar-refractivity contribution in [1.29, 1.82) is 0 Å². The second-order valence-corrected chi connectivity index (χ2v) is 11.2. The van der Waals surface area contributed by atoms with Gasteiger partial charge in [0.05, 0.1) is 4.90 Å². The molecule has 2 aliphatic heterocycles. The van der Waals surface area contributed by atoms with Crippen LogP contribution < -0.4 is 5.32 Å². The predicted molar refractivity (Wildman–Crippen MR) is 131 cm³/mol. The van der Waals surface area contributed by atoms with Crippen molar-refractivity contribution in [3.05, 3.63) is 65.7 Å². The Hall–Kier alpha value is -2.71. The fourth-order valence-electron chi connectivity index (χ4n) is 4.82. The average Bonchev–Trinajstić information content (AvgIpc) is 2.88. The van der Waals surface area contributed by atoms with Gasteiger partial charge in [-0.15, -0.1) is 0 Å². The SMILES string of the molecule is Cc1ccc(S(=O)(=O)N2CCC([C@@H](NC(=O)c3ccccc3)C(=O)N3CCCCC3)CC2)cc1. The van der Waals surface area contributed by atoms with E-state index in [1.54, 1.807) is 48.5 Å². The van der Waals surface area contributed by atoms with Crippen molar-refractivity contribution < 1.29 is 18.0 Å². The number of carbonyl (C=O) groups excluding carboxylic acids is 2. The van der Waals surface area contributed by atoms with E-state index in [1.165, 1.54) is 4.31 Å². The molecule has 2 amide bonds. The zero-order chi connectivity index (χ0) is 24.1. The Morgan fingerprint density at radius 3 is 2.12 bits per heavy atom. The molecule has 0 spiro atoms. The summed E-state index contributed by atoms with van der Waals surface area (Å²) in [5, 5.41) is 2.99. The Labute approximate surface area is 202 Å². The summed E-state index contributed by atoms with van der Waals surface area (Å²) >= 11 is 0. The molecule has 2 fully saturated rings. The molecule has 0 saturated carbocycles. The van der Waals surface area contributed by atoms with Crippen molar-refractivity contribution in [3.63, 3.8) is 0 Å². The van der Waals surface area contributed by atoms with Crippen LogP contribution in [0.15, 0.2) is 59.5 Å². The molecule has 1 atom stereocenters. The highest BCUT2D eigenvalue weighted by molar-refractivity contribution is 7.89.